The summed E-state index contributed by atoms with van der Waals surface area (Å²) in [7, 11) is 0. The summed E-state index contributed by atoms with van der Waals surface area (Å²) in [4.78, 5) is 21.8. The fraction of sp³-hybridized carbons (Fsp3) is 0.0417. The molecule has 32 heavy (non-hydrogen) atoms. The van der Waals surface area contributed by atoms with Crippen molar-refractivity contribution >= 4 is 33.6 Å². The number of benzene rings is 3. The Bertz CT molecular complexity index is 1440. The number of amides is 1. The fourth-order valence-corrected chi connectivity index (χ4v) is 3.48. The van der Waals surface area contributed by atoms with Crippen LogP contribution in [0.15, 0.2) is 83.4 Å². The molecule has 0 spiro atoms. The molecule has 0 radical (unpaired) electrons. The highest BCUT2D eigenvalue weighted by atomic mass is 19.4. The molecule has 2 heterocycles. The maximum atomic E-state index is 13.4. The van der Waals surface area contributed by atoms with Gasteiger partial charge in [-0.05, 0) is 42.5 Å². The van der Waals surface area contributed by atoms with Crippen LogP contribution in [0.4, 0.5) is 18.9 Å². The summed E-state index contributed by atoms with van der Waals surface area (Å²) in [6, 6.07) is 18.6. The van der Waals surface area contributed by atoms with Crippen LogP contribution in [0.25, 0.3) is 33.5 Å². The number of aromatic nitrogens is 2. The monoisotopic (exact) mass is 433 g/mol. The van der Waals surface area contributed by atoms with Crippen molar-refractivity contribution < 1.29 is 22.4 Å². The molecule has 0 saturated heterocycles. The molecule has 0 unspecified atom stereocenters. The van der Waals surface area contributed by atoms with E-state index in [0.717, 1.165) is 17.5 Å². The molecular formula is C24H14F3N3O2. The smallest absolute Gasteiger partial charge is 0.416 e. The Morgan fingerprint density at radius 2 is 1.75 bits per heavy atom. The van der Waals surface area contributed by atoms with E-state index in [4.69, 9.17) is 4.42 Å². The summed E-state index contributed by atoms with van der Waals surface area (Å²) in [5.41, 5.74) is 0.907. The van der Waals surface area contributed by atoms with Crippen LogP contribution in [-0.4, -0.2) is 15.9 Å². The summed E-state index contributed by atoms with van der Waals surface area (Å²) in [6.45, 7) is 0. The number of hydrogen-bond donors (Lipinski definition) is 1. The van der Waals surface area contributed by atoms with Gasteiger partial charge < -0.3 is 9.73 Å². The predicted molar refractivity (Wildman–Crippen MR) is 114 cm³/mol. The van der Waals surface area contributed by atoms with Gasteiger partial charge >= 0.3 is 6.18 Å². The van der Waals surface area contributed by atoms with Crippen molar-refractivity contribution in [1.29, 1.82) is 0 Å². The maximum Gasteiger partial charge on any atom is 0.416 e. The Morgan fingerprint density at radius 1 is 0.938 bits per heavy atom. The summed E-state index contributed by atoms with van der Waals surface area (Å²) < 4.78 is 45.9. The lowest BCUT2D eigenvalue weighted by molar-refractivity contribution is -0.137. The fourth-order valence-electron chi connectivity index (χ4n) is 3.48. The third-order valence-electron chi connectivity index (χ3n) is 5.00. The third-order valence-corrected chi connectivity index (χ3v) is 5.00. The van der Waals surface area contributed by atoms with E-state index < -0.39 is 17.6 Å². The first kappa shape index (κ1) is 19.7. The third kappa shape index (κ3) is 3.56. The first-order valence-corrected chi connectivity index (χ1v) is 9.62. The van der Waals surface area contributed by atoms with Crippen LogP contribution in [0.1, 0.15) is 15.9 Å². The number of para-hydroxylation sites is 3. The minimum Gasteiger partial charge on any atom is -0.436 e. The van der Waals surface area contributed by atoms with Gasteiger partial charge in [-0.15, -0.1) is 0 Å². The van der Waals surface area contributed by atoms with E-state index in [1.54, 1.807) is 48.7 Å². The lowest BCUT2D eigenvalue weighted by Crippen LogP contribution is -2.16. The number of rotatable bonds is 3. The molecule has 1 N–H and O–H groups in total. The van der Waals surface area contributed by atoms with E-state index in [1.807, 2.05) is 12.1 Å². The molecule has 0 aliphatic carbocycles. The van der Waals surface area contributed by atoms with Crippen LogP contribution in [0, 0.1) is 0 Å². The zero-order valence-corrected chi connectivity index (χ0v) is 16.4. The number of hydrogen-bond acceptors (Lipinski definition) is 4. The topological polar surface area (TPSA) is 68.0 Å². The largest absolute Gasteiger partial charge is 0.436 e. The first-order chi connectivity index (χ1) is 15.4. The Balaban J connectivity index is 1.62. The SMILES string of the molecule is O=C(Nc1cccc2cccnc12)c1cc(C(F)(F)F)ccc1-c1nc2ccccc2o1. The van der Waals surface area contributed by atoms with E-state index in [-0.39, 0.29) is 17.0 Å². The second kappa shape index (κ2) is 7.49. The number of halogens is 3. The number of fused-ring (bicyclic) bond motifs is 2. The molecular weight excluding hydrogens is 419 g/mol. The van der Waals surface area contributed by atoms with E-state index in [2.05, 4.69) is 15.3 Å². The second-order valence-electron chi connectivity index (χ2n) is 7.08. The van der Waals surface area contributed by atoms with Crippen molar-refractivity contribution in [2.24, 2.45) is 0 Å². The minimum absolute atomic E-state index is 0.0566. The zero-order valence-electron chi connectivity index (χ0n) is 16.4. The number of alkyl halides is 3. The van der Waals surface area contributed by atoms with Gasteiger partial charge in [0.25, 0.3) is 5.91 Å². The molecule has 5 aromatic rings. The Hall–Kier alpha value is -4.20. The molecule has 3 aromatic carbocycles. The molecule has 8 heteroatoms. The van der Waals surface area contributed by atoms with Crippen LogP contribution in [0.3, 0.4) is 0 Å². The molecule has 0 aliphatic rings. The predicted octanol–water partition coefficient (Wildman–Crippen LogP) is 6.31. The molecule has 2 aromatic heterocycles. The average molecular weight is 433 g/mol. The van der Waals surface area contributed by atoms with Crippen LogP contribution in [0.2, 0.25) is 0 Å². The summed E-state index contributed by atoms with van der Waals surface area (Å²) >= 11 is 0. The van der Waals surface area contributed by atoms with E-state index >= 15 is 0 Å². The molecule has 158 valence electrons. The lowest BCUT2D eigenvalue weighted by atomic mass is 10.0. The second-order valence-corrected chi connectivity index (χ2v) is 7.08. The Morgan fingerprint density at radius 3 is 2.56 bits per heavy atom. The van der Waals surface area contributed by atoms with E-state index in [1.165, 1.54) is 6.07 Å². The number of pyridine rings is 1. The molecule has 1 amide bonds. The van der Waals surface area contributed by atoms with Gasteiger partial charge in [0.1, 0.15) is 5.52 Å². The highest BCUT2D eigenvalue weighted by Crippen LogP contribution is 2.35. The zero-order chi connectivity index (χ0) is 22.3. The van der Waals surface area contributed by atoms with Crippen molar-refractivity contribution in [3.8, 4) is 11.5 Å². The highest BCUT2D eigenvalue weighted by Gasteiger charge is 2.32. The minimum atomic E-state index is -4.62. The van der Waals surface area contributed by atoms with Gasteiger partial charge in [0.2, 0.25) is 5.89 Å². The number of carbonyl (C=O) groups is 1. The summed E-state index contributed by atoms with van der Waals surface area (Å²) in [5, 5.41) is 3.47. The van der Waals surface area contributed by atoms with Crippen LogP contribution in [-0.2, 0) is 6.18 Å². The normalized spacial score (nSPS) is 11.7. The molecule has 0 aliphatic heterocycles. The van der Waals surface area contributed by atoms with E-state index in [9.17, 15) is 18.0 Å². The number of oxazole rings is 1. The van der Waals surface area contributed by atoms with Crippen LogP contribution in [0.5, 0.6) is 0 Å². The van der Waals surface area contributed by atoms with Gasteiger partial charge in [0.15, 0.2) is 5.58 Å². The van der Waals surface area contributed by atoms with Crippen molar-refractivity contribution in [2.75, 3.05) is 5.32 Å². The molecule has 0 saturated carbocycles. The molecule has 0 fully saturated rings. The number of nitrogens with one attached hydrogen (secondary N) is 1. The molecule has 5 nitrogen and oxygen atoms in total. The van der Waals surface area contributed by atoms with Gasteiger partial charge in [-0.3, -0.25) is 9.78 Å². The van der Waals surface area contributed by atoms with Crippen molar-refractivity contribution in [3.63, 3.8) is 0 Å². The molecule has 5 rings (SSSR count). The first-order valence-electron chi connectivity index (χ1n) is 9.62. The van der Waals surface area contributed by atoms with Gasteiger partial charge in [-0.1, -0.05) is 30.3 Å². The number of carbonyl (C=O) groups excluding carboxylic acids is 1. The van der Waals surface area contributed by atoms with Crippen molar-refractivity contribution in [2.45, 2.75) is 6.18 Å². The van der Waals surface area contributed by atoms with Gasteiger partial charge in [-0.25, -0.2) is 4.98 Å². The molecule has 0 atom stereocenters. The Labute approximate surface area is 179 Å². The Kier molecular flexibility index (Phi) is 4.62. The van der Waals surface area contributed by atoms with Crippen molar-refractivity contribution in [1.82, 2.24) is 9.97 Å². The average Bonchev–Trinajstić information content (AvgIpc) is 3.22. The summed E-state index contributed by atoms with van der Waals surface area (Å²) in [5.74, 6) is -0.673. The summed E-state index contributed by atoms with van der Waals surface area (Å²) in [6.07, 6.45) is -3.04. The van der Waals surface area contributed by atoms with Gasteiger partial charge in [0, 0.05) is 17.1 Å². The quantitative estimate of drug-likeness (QED) is 0.362. The van der Waals surface area contributed by atoms with Crippen LogP contribution < -0.4 is 5.32 Å². The highest BCUT2D eigenvalue weighted by molar-refractivity contribution is 6.11. The molecule has 0 bridgehead atoms. The maximum absolute atomic E-state index is 13.4. The van der Waals surface area contributed by atoms with E-state index in [0.29, 0.717) is 22.3 Å². The van der Waals surface area contributed by atoms with Crippen molar-refractivity contribution in [3.05, 3.63) is 90.1 Å². The van der Waals surface area contributed by atoms with Gasteiger partial charge in [0.05, 0.1) is 22.3 Å². The number of anilines is 1. The number of nitrogens with zero attached hydrogens (tertiary/aromatic N) is 2. The van der Waals surface area contributed by atoms with Gasteiger partial charge in [-0.2, -0.15) is 13.2 Å². The lowest BCUT2D eigenvalue weighted by Gasteiger charge is -2.13. The standard InChI is InChI=1S/C24H14F3N3O2/c25-24(26,27)15-10-11-16(23-30-18-7-1-2-9-20(18)32-23)17(13-15)22(31)29-19-8-3-5-14-6-4-12-28-21(14)19/h1-13H,(H,29,31). The van der Waals surface area contributed by atoms with Crippen LogP contribution >= 0.6 is 0 Å².